The first-order valence-electron chi connectivity index (χ1n) is 5.99. The molecule has 2 aliphatic rings. The second-order valence-electron chi connectivity index (χ2n) is 4.52. The topological polar surface area (TPSA) is 29.5 Å². The zero-order valence-corrected chi connectivity index (χ0v) is 13.0. The highest BCUT2D eigenvalue weighted by Gasteiger charge is 2.56. The van der Waals surface area contributed by atoms with Crippen LogP contribution in [0.5, 0.6) is 0 Å². The van der Waals surface area contributed by atoms with E-state index >= 15 is 0 Å². The van der Waals surface area contributed by atoms with E-state index in [1.54, 1.807) is 4.90 Å². The standard InChI is InChI=1S/C13H13Br2NO2/c1-2-18-13(17)16-11-8-6-4-3-5-7(8)9(10(11)14)12(16)15/h3-6,9-12H,2H2,1H3/t9-,10?,11+,12-/m1/s1. The van der Waals surface area contributed by atoms with Crippen LogP contribution in [0.2, 0.25) is 0 Å². The average molecular weight is 375 g/mol. The number of amides is 1. The van der Waals surface area contributed by atoms with Gasteiger partial charge in [0.2, 0.25) is 0 Å². The minimum absolute atomic E-state index is 0.000764. The van der Waals surface area contributed by atoms with Crippen molar-refractivity contribution < 1.29 is 9.53 Å². The van der Waals surface area contributed by atoms with E-state index in [-0.39, 0.29) is 27.8 Å². The van der Waals surface area contributed by atoms with E-state index < -0.39 is 0 Å². The third kappa shape index (κ3) is 1.56. The fourth-order valence-electron chi connectivity index (χ4n) is 2.97. The first kappa shape index (κ1) is 12.5. The van der Waals surface area contributed by atoms with Gasteiger partial charge in [0, 0.05) is 10.7 Å². The molecule has 3 nitrogen and oxygen atoms in total. The van der Waals surface area contributed by atoms with Gasteiger partial charge < -0.3 is 4.74 Å². The molecule has 5 heteroatoms. The summed E-state index contributed by atoms with van der Waals surface area (Å²) in [5.74, 6) is 0.288. The summed E-state index contributed by atoms with van der Waals surface area (Å²) in [6.07, 6.45) is -0.245. The van der Waals surface area contributed by atoms with Crippen LogP contribution in [0.3, 0.4) is 0 Å². The Morgan fingerprint density at radius 3 is 2.67 bits per heavy atom. The monoisotopic (exact) mass is 373 g/mol. The van der Waals surface area contributed by atoms with Crippen LogP contribution in [0.15, 0.2) is 24.3 Å². The predicted molar refractivity (Wildman–Crippen MR) is 76.2 cm³/mol. The van der Waals surface area contributed by atoms with Crippen molar-refractivity contribution in [3.8, 4) is 0 Å². The minimum atomic E-state index is -0.245. The van der Waals surface area contributed by atoms with Crippen molar-refractivity contribution in [3.05, 3.63) is 35.4 Å². The molecule has 18 heavy (non-hydrogen) atoms. The van der Waals surface area contributed by atoms with Crippen molar-refractivity contribution >= 4 is 38.0 Å². The lowest BCUT2D eigenvalue weighted by Gasteiger charge is -2.32. The van der Waals surface area contributed by atoms with E-state index in [0.717, 1.165) is 0 Å². The van der Waals surface area contributed by atoms with Gasteiger partial charge in [0.05, 0.1) is 17.6 Å². The van der Waals surface area contributed by atoms with Crippen LogP contribution in [0, 0.1) is 0 Å². The number of hydrogen-bond acceptors (Lipinski definition) is 2. The van der Waals surface area contributed by atoms with E-state index in [1.807, 2.05) is 19.1 Å². The van der Waals surface area contributed by atoms with Gasteiger partial charge in [0.15, 0.2) is 0 Å². The largest absolute Gasteiger partial charge is 0.450 e. The highest BCUT2D eigenvalue weighted by atomic mass is 79.9. The molecule has 1 fully saturated rings. The molecule has 1 heterocycles. The maximum atomic E-state index is 12.1. The Balaban J connectivity index is 2.01. The molecule has 3 rings (SSSR count). The van der Waals surface area contributed by atoms with Gasteiger partial charge in [-0.15, -0.1) is 0 Å². The van der Waals surface area contributed by atoms with Gasteiger partial charge in [0.1, 0.15) is 0 Å². The lowest BCUT2D eigenvalue weighted by molar-refractivity contribution is 0.0979. The van der Waals surface area contributed by atoms with Crippen molar-refractivity contribution in [2.75, 3.05) is 6.61 Å². The molecule has 0 spiro atoms. The summed E-state index contributed by atoms with van der Waals surface area (Å²) in [7, 11) is 0. The van der Waals surface area contributed by atoms with E-state index in [9.17, 15) is 4.79 Å². The van der Waals surface area contributed by atoms with Crippen LogP contribution in [0.1, 0.15) is 30.0 Å². The van der Waals surface area contributed by atoms with E-state index in [1.165, 1.54) is 11.1 Å². The van der Waals surface area contributed by atoms with Crippen molar-refractivity contribution in [2.24, 2.45) is 0 Å². The van der Waals surface area contributed by atoms with Crippen LogP contribution in [0.4, 0.5) is 4.79 Å². The zero-order chi connectivity index (χ0) is 12.9. The number of carbonyl (C=O) groups is 1. The highest BCUT2D eigenvalue weighted by molar-refractivity contribution is 9.10. The van der Waals surface area contributed by atoms with Crippen LogP contribution in [0.25, 0.3) is 0 Å². The minimum Gasteiger partial charge on any atom is -0.450 e. The van der Waals surface area contributed by atoms with Gasteiger partial charge in [-0.25, -0.2) is 4.79 Å². The number of likely N-dealkylation sites (tertiary alicyclic amines) is 1. The number of alkyl halides is 2. The van der Waals surface area contributed by atoms with E-state index in [4.69, 9.17) is 4.74 Å². The van der Waals surface area contributed by atoms with Crippen molar-refractivity contribution in [1.82, 2.24) is 4.90 Å². The number of hydrogen-bond donors (Lipinski definition) is 0. The molecule has 1 aromatic rings. The van der Waals surface area contributed by atoms with Crippen LogP contribution < -0.4 is 0 Å². The second kappa shape index (κ2) is 4.53. The van der Waals surface area contributed by atoms with Gasteiger partial charge in [-0.05, 0) is 18.1 Å². The molecular formula is C13H13Br2NO2. The number of fused-ring (bicyclic) bond motifs is 5. The lowest BCUT2D eigenvalue weighted by atomic mass is 9.99. The summed E-state index contributed by atoms with van der Waals surface area (Å²) in [6, 6.07) is 8.37. The summed E-state index contributed by atoms with van der Waals surface area (Å²) in [5, 5.41) is 0. The highest BCUT2D eigenvalue weighted by Crippen LogP contribution is 2.58. The van der Waals surface area contributed by atoms with Crippen molar-refractivity contribution in [2.45, 2.75) is 28.7 Å². The maximum absolute atomic E-state index is 12.1. The fourth-order valence-corrected chi connectivity index (χ4v) is 5.52. The molecule has 0 saturated carbocycles. The molecule has 1 aromatic carbocycles. The van der Waals surface area contributed by atoms with Gasteiger partial charge in [-0.1, -0.05) is 56.1 Å². The number of carbonyl (C=O) groups excluding carboxylic acids is 1. The Hall–Kier alpha value is -0.550. The molecular weight excluding hydrogens is 362 g/mol. The Kier molecular flexibility index (Phi) is 3.14. The van der Waals surface area contributed by atoms with E-state index in [2.05, 4.69) is 44.0 Å². The Morgan fingerprint density at radius 2 is 2.00 bits per heavy atom. The third-order valence-electron chi connectivity index (χ3n) is 3.66. The fraction of sp³-hybridized carbons (Fsp3) is 0.462. The number of benzene rings is 1. The van der Waals surface area contributed by atoms with Gasteiger partial charge in [0.25, 0.3) is 0 Å². The summed E-state index contributed by atoms with van der Waals surface area (Å²) < 4.78 is 5.15. The molecule has 1 aliphatic carbocycles. The third-order valence-corrected chi connectivity index (χ3v) is 5.74. The Labute approximate surface area is 123 Å². The van der Waals surface area contributed by atoms with Gasteiger partial charge in [-0.2, -0.15) is 0 Å². The molecule has 0 aromatic heterocycles. The SMILES string of the molecule is CCOC(=O)N1[C@H]2c3ccccc3[C@H](C2Br)[C@@H]1Br. The van der Waals surface area contributed by atoms with Gasteiger partial charge in [-0.3, -0.25) is 4.90 Å². The first-order valence-corrected chi connectivity index (χ1v) is 7.82. The summed E-state index contributed by atoms with van der Waals surface area (Å²) >= 11 is 7.37. The average Bonchev–Trinajstić information content (AvgIpc) is 2.77. The molecule has 4 atom stereocenters. The summed E-state index contributed by atoms with van der Waals surface area (Å²) in [5.41, 5.74) is 2.56. The molecule has 0 radical (unpaired) electrons. The molecule has 0 N–H and O–H groups in total. The predicted octanol–water partition coefficient (Wildman–Crippen LogP) is 3.78. The first-order chi connectivity index (χ1) is 8.66. The van der Waals surface area contributed by atoms with Crippen molar-refractivity contribution in [1.29, 1.82) is 0 Å². The molecule has 1 unspecified atom stereocenters. The van der Waals surface area contributed by atoms with Crippen LogP contribution >= 0.6 is 31.9 Å². The van der Waals surface area contributed by atoms with Crippen molar-refractivity contribution in [3.63, 3.8) is 0 Å². The number of nitrogens with zero attached hydrogens (tertiary/aromatic N) is 1. The second-order valence-corrected chi connectivity index (χ2v) is 6.52. The number of rotatable bonds is 1. The quantitative estimate of drug-likeness (QED) is 0.553. The molecule has 1 amide bonds. The van der Waals surface area contributed by atoms with Crippen LogP contribution in [-0.2, 0) is 4.74 Å². The number of ether oxygens (including phenoxy) is 1. The smallest absolute Gasteiger partial charge is 0.411 e. The van der Waals surface area contributed by atoms with Gasteiger partial charge >= 0.3 is 6.09 Å². The lowest BCUT2D eigenvalue weighted by Crippen LogP contribution is -2.38. The summed E-state index contributed by atoms with van der Waals surface area (Å²) in [4.78, 5) is 14.1. The normalized spacial score (nSPS) is 32.5. The summed E-state index contributed by atoms with van der Waals surface area (Å²) in [6.45, 7) is 2.23. The maximum Gasteiger partial charge on any atom is 0.411 e. The molecule has 2 bridgehead atoms. The Morgan fingerprint density at radius 1 is 1.33 bits per heavy atom. The van der Waals surface area contributed by atoms with Crippen LogP contribution in [-0.4, -0.2) is 27.4 Å². The number of halogens is 2. The Bertz CT molecular complexity index is 494. The molecule has 1 aliphatic heterocycles. The van der Waals surface area contributed by atoms with E-state index in [0.29, 0.717) is 6.61 Å². The molecule has 1 saturated heterocycles. The molecule has 96 valence electrons. The zero-order valence-electron chi connectivity index (χ0n) is 9.85.